The maximum Gasteiger partial charge on any atom is 0.216 e. The lowest BCUT2D eigenvalue weighted by atomic mass is 10.2. The van der Waals surface area contributed by atoms with Crippen LogP contribution in [0.2, 0.25) is 0 Å². The number of aromatic hydroxyl groups is 1. The molecule has 9 heteroatoms. The molecule has 3 aromatic rings. The highest BCUT2D eigenvalue weighted by atomic mass is 32.1. The van der Waals surface area contributed by atoms with Gasteiger partial charge in [0.2, 0.25) is 10.6 Å². The maximum absolute atomic E-state index is 10.4. The van der Waals surface area contributed by atoms with Crippen LogP contribution < -0.4 is 4.90 Å². The van der Waals surface area contributed by atoms with Crippen molar-refractivity contribution in [2.75, 3.05) is 18.0 Å². The van der Waals surface area contributed by atoms with Crippen molar-refractivity contribution in [2.24, 2.45) is 5.10 Å². The highest BCUT2D eigenvalue weighted by Crippen LogP contribution is 2.29. The number of nitrogens with zero attached hydrogens (tertiary/aromatic N) is 5. The molecule has 0 aliphatic heterocycles. The van der Waals surface area contributed by atoms with Crippen LogP contribution in [0, 0.1) is 4.77 Å². The normalized spacial score (nSPS) is 13.4. The van der Waals surface area contributed by atoms with E-state index in [0.29, 0.717) is 16.2 Å². The topological polar surface area (TPSA) is 98.1 Å². The van der Waals surface area contributed by atoms with Crippen LogP contribution in [0.5, 0.6) is 5.75 Å². The van der Waals surface area contributed by atoms with Crippen molar-refractivity contribution < 1.29 is 5.11 Å². The van der Waals surface area contributed by atoms with Crippen molar-refractivity contribution in [1.82, 2.24) is 25.1 Å². The summed E-state index contributed by atoms with van der Waals surface area (Å²) in [5, 5.41) is 29.5. The Bertz CT molecular complexity index is 1070. The zero-order valence-electron chi connectivity index (χ0n) is 15.9. The van der Waals surface area contributed by atoms with Gasteiger partial charge in [-0.25, -0.2) is 5.10 Å². The molecule has 4 rings (SSSR count). The molecule has 0 saturated carbocycles. The van der Waals surface area contributed by atoms with Crippen LogP contribution in [-0.4, -0.2) is 49.5 Å². The van der Waals surface area contributed by atoms with Gasteiger partial charge < -0.3 is 10.0 Å². The van der Waals surface area contributed by atoms with Crippen LogP contribution in [-0.2, 0) is 12.8 Å². The summed E-state index contributed by atoms with van der Waals surface area (Å²) in [7, 11) is 0. The van der Waals surface area contributed by atoms with Crippen LogP contribution in [0.25, 0.3) is 11.5 Å². The van der Waals surface area contributed by atoms with Gasteiger partial charge in [0.25, 0.3) is 0 Å². The average molecular weight is 398 g/mol. The molecule has 0 unspecified atom stereocenters. The van der Waals surface area contributed by atoms with Gasteiger partial charge in [0.1, 0.15) is 11.4 Å². The lowest BCUT2D eigenvalue weighted by molar-refractivity contribution is 0.474. The molecule has 0 spiro atoms. The highest BCUT2D eigenvalue weighted by molar-refractivity contribution is 7.71. The molecule has 1 aliphatic rings. The zero-order valence-corrected chi connectivity index (χ0v) is 16.8. The van der Waals surface area contributed by atoms with Crippen molar-refractivity contribution in [3.63, 3.8) is 0 Å². The molecule has 2 heterocycles. The number of aromatic nitrogens is 5. The van der Waals surface area contributed by atoms with Gasteiger partial charge in [-0.3, -0.25) is 5.10 Å². The number of phenolic OH excluding ortho intramolecular Hbond substituents is 1. The van der Waals surface area contributed by atoms with Crippen LogP contribution >= 0.6 is 12.2 Å². The Morgan fingerprint density at radius 1 is 1.25 bits per heavy atom. The fraction of sp³-hybridized carbons (Fsp3) is 0.368. The number of hydrogen-bond donors (Lipinski definition) is 3. The summed E-state index contributed by atoms with van der Waals surface area (Å²) in [4.78, 5) is 2.17. The molecular formula is C19H23N7OS. The minimum Gasteiger partial charge on any atom is -0.507 e. The summed E-state index contributed by atoms with van der Waals surface area (Å²) in [5.41, 5.74) is 4.70. The summed E-state index contributed by atoms with van der Waals surface area (Å²) in [5.74, 6) is 0.741. The molecule has 0 fully saturated rings. The minimum absolute atomic E-state index is 0.172. The first kappa shape index (κ1) is 18.4. The van der Waals surface area contributed by atoms with Crippen LogP contribution in [0.3, 0.4) is 0 Å². The van der Waals surface area contributed by atoms with E-state index in [9.17, 15) is 5.11 Å². The Morgan fingerprint density at radius 3 is 2.82 bits per heavy atom. The Balaban J connectivity index is 1.66. The smallest absolute Gasteiger partial charge is 0.216 e. The number of hydrogen-bond acceptors (Lipinski definition) is 6. The number of nitrogens with one attached hydrogen (secondary N) is 2. The summed E-state index contributed by atoms with van der Waals surface area (Å²) in [6.45, 7) is 5.93. The zero-order chi connectivity index (χ0) is 19.7. The van der Waals surface area contributed by atoms with Crippen molar-refractivity contribution in [1.29, 1.82) is 0 Å². The van der Waals surface area contributed by atoms with E-state index in [4.69, 9.17) is 12.2 Å². The number of phenols is 1. The van der Waals surface area contributed by atoms with Gasteiger partial charge in [-0.2, -0.15) is 20.0 Å². The van der Waals surface area contributed by atoms with E-state index in [-0.39, 0.29) is 5.75 Å². The van der Waals surface area contributed by atoms with E-state index in [1.54, 1.807) is 17.0 Å². The predicted molar refractivity (Wildman–Crippen MR) is 112 cm³/mol. The molecule has 1 aromatic carbocycles. The van der Waals surface area contributed by atoms with Gasteiger partial charge in [-0.05, 0) is 57.5 Å². The number of aryl methyl sites for hydroxylation is 1. The van der Waals surface area contributed by atoms with Gasteiger partial charge in [-0.15, -0.1) is 0 Å². The third-order valence-electron chi connectivity index (χ3n) is 5.12. The minimum atomic E-state index is 0.172. The van der Waals surface area contributed by atoms with Gasteiger partial charge >= 0.3 is 0 Å². The fourth-order valence-corrected chi connectivity index (χ4v) is 3.78. The molecule has 3 N–H and O–H groups in total. The number of anilines is 1. The van der Waals surface area contributed by atoms with Crippen LogP contribution in [0.1, 0.15) is 37.1 Å². The molecule has 2 aromatic heterocycles. The molecule has 0 bridgehead atoms. The molecule has 8 nitrogen and oxygen atoms in total. The Hall–Kier alpha value is -2.94. The molecule has 0 amide bonds. The number of aromatic amines is 2. The van der Waals surface area contributed by atoms with Crippen molar-refractivity contribution in [3.8, 4) is 17.3 Å². The second-order valence-electron chi connectivity index (χ2n) is 6.71. The standard InChI is InChI=1S/C19H23N7OS/c1-3-25(4-2)13-9-8-12(16(27)10-13)11-20-26-18(23-24-19(26)28)17-14-6-5-7-15(14)21-22-17/h8-11,27H,3-7H2,1-2H3,(H,21,22)(H,24,28)/b20-11+. The van der Waals surface area contributed by atoms with Gasteiger partial charge in [0, 0.05) is 41.7 Å². The molecular weight excluding hydrogens is 374 g/mol. The first-order valence-electron chi connectivity index (χ1n) is 9.48. The summed E-state index contributed by atoms with van der Waals surface area (Å²) in [6, 6.07) is 5.58. The quantitative estimate of drug-likeness (QED) is 0.438. The molecule has 0 radical (unpaired) electrons. The van der Waals surface area contributed by atoms with Crippen molar-refractivity contribution >= 4 is 24.1 Å². The van der Waals surface area contributed by atoms with Crippen molar-refractivity contribution in [2.45, 2.75) is 33.1 Å². The molecule has 0 saturated heterocycles. The van der Waals surface area contributed by atoms with Crippen LogP contribution in [0.15, 0.2) is 23.3 Å². The summed E-state index contributed by atoms with van der Waals surface area (Å²) in [6.07, 6.45) is 4.67. The van der Waals surface area contributed by atoms with Gasteiger partial charge in [-0.1, -0.05) is 0 Å². The first-order chi connectivity index (χ1) is 13.6. The fourth-order valence-electron chi connectivity index (χ4n) is 3.60. The summed E-state index contributed by atoms with van der Waals surface area (Å²) >= 11 is 5.33. The lowest BCUT2D eigenvalue weighted by Gasteiger charge is -2.21. The van der Waals surface area contributed by atoms with Crippen LogP contribution in [0.4, 0.5) is 5.69 Å². The number of benzene rings is 1. The van der Waals surface area contributed by atoms with E-state index < -0.39 is 0 Å². The van der Waals surface area contributed by atoms with E-state index in [1.807, 2.05) is 12.1 Å². The average Bonchev–Trinajstić information content (AvgIpc) is 3.38. The number of fused-ring (bicyclic) bond motifs is 1. The molecule has 0 atom stereocenters. The lowest BCUT2D eigenvalue weighted by Crippen LogP contribution is -2.21. The Kier molecular flexibility index (Phi) is 4.99. The molecule has 146 valence electrons. The largest absolute Gasteiger partial charge is 0.507 e. The van der Waals surface area contributed by atoms with E-state index in [2.05, 4.69) is 44.2 Å². The van der Waals surface area contributed by atoms with E-state index >= 15 is 0 Å². The Morgan fingerprint density at radius 2 is 2.07 bits per heavy atom. The monoisotopic (exact) mass is 397 g/mol. The first-order valence-corrected chi connectivity index (χ1v) is 9.89. The molecule has 28 heavy (non-hydrogen) atoms. The van der Waals surface area contributed by atoms with Gasteiger partial charge in [0.05, 0.1) is 6.21 Å². The van der Waals surface area contributed by atoms with E-state index in [1.165, 1.54) is 5.56 Å². The van der Waals surface area contributed by atoms with E-state index in [0.717, 1.165) is 49.4 Å². The van der Waals surface area contributed by atoms with Gasteiger partial charge in [0.15, 0.2) is 0 Å². The van der Waals surface area contributed by atoms with Crippen molar-refractivity contribution in [3.05, 3.63) is 39.8 Å². The number of H-pyrrole nitrogens is 2. The third-order valence-corrected chi connectivity index (χ3v) is 5.39. The number of rotatable bonds is 6. The second-order valence-corrected chi connectivity index (χ2v) is 7.09. The predicted octanol–water partition coefficient (Wildman–Crippen LogP) is 3.25. The summed E-state index contributed by atoms with van der Waals surface area (Å²) < 4.78 is 1.92. The maximum atomic E-state index is 10.4. The molecule has 1 aliphatic carbocycles. The third kappa shape index (κ3) is 3.22. The Labute approximate surface area is 167 Å². The second kappa shape index (κ2) is 7.59. The highest BCUT2D eigenvalue weighted by Gasteiger charge is 2.23. The SMILES string of the molecule is CCN(CC)c1ccc(/C=N/n2c(-c3n[nH]c4c3CCC4)n[nH]c2=S)c(O)c1.